The summed E-state index contributed by atoms with van der Waals surface area (Å²) in [6.45, 7) is 6.90. The van der Waals surface area contributed by atoms with Gasteiger partial charge < -0.3 is 9.64 Å². The van der Waals surface area contributed by atoms with Crippen LogP contribution in [0.4, 0.5) is 0 Å². The molecule has 0 aromatic heterocycles. The second-order valence-corrected chi connectivity index (χ2v) is 4.25. The molecule has 1 aliphatic heterocycles. The minimum atomic E-state index is -0.437. The van der Waals surface area contributed by atoms with Gasteiger partial charge in [0, 0.05) is 6.54 Å². The van der Waals surface area contributed by atoms with Gasteiger partial charge in [-0.1, -0.05) is 0 Å². The molecule has 3 unspecified atom stereocenters. The van der Waals surface area contributed by atoms with Crippen LogP contribution in [0.15, 0.2) is 0 Å². The van der Waals surface area contributed by atoms with E-state index >= 15 is 0 Å². The quantitative estimate of drug-likeness (QED) is 0.603. The van der Waals surface area contributed by atoms with Gasteiger partial charge in [0.15, 0.2) is 0 Å². The fourth-order valence-corrected chi connectivity index (χ4v) is 1.56. The van der Waals surface area contributed by atoms with Crippen molar-refractivity contribution in [2.75, 3.05) is 13.2 Å². The number of hydrogen-bond donors (Lipinski definition) is 0. The highest BCUT2D eigenvalue weighted by Crippen LogP contribution is 2.14. The minimum absolute atomic E-state index is 0.00400. The number of carbonyl (C=O) groups is 1. The van der Waals surface area contributed by atoms with Crippen molar-refractivity contribution in [3.63, 3.8) is 0 Å². The molecular formula is C9H16ClNO2. The van der Waals surface area contributed by atoms with Gasteiger partial charge in [-0.3, -0.25) is 4.79 Å². The Labute approximate surface area is 84.0 Å². The average molecular weight is 206 g/mol. The molecule has 0 bridgehead atoms. The summed E-state index contributed by atoms with van der Waals surface area (Å²) in [6.07, 6.45) is 0.121. The predicted octanol–water partition coefficient (Wildman–Crippen LogP) is 1.25. The van der Waals surface area contributed by atoms with E-state index in [4.69, 9.17) is 16.3 Å². The summed E-state index contributed by atoms with van der Waals surface area (Å²) in [7, 11) is 0. The SMILES string of the molecule is CC1CN(C(=O)C(C)Cl)C(C)CO1. The van der Waals surface area contributed by atoms with E-state index in [9.17, 15) is 4.79 Å². The molecule has 0 N–H and O–H groups in total. The van der Waals surface area contributed by atoms with Crippen LogP contribution in [0.25, 0.3) is 0 Å². The van der Waals surface area contributed by atoms with Gasteiger partial charge in [-0.05, 0) is 20.8 Å². The molecule has 0 aliphatic carbocycles. The molecule has 0 saturated carbocycles. The number of morpholine rings is 1. The average Bonchev–Trinajstić information content (AvgIpc) is 2.08. The summed E-state index contributed by atoms with van der Waals surface area (Å²) in [5.74, 6) is 0.00400. The number of ether oxygens (including phenoxy) is 1. The molecule has 1 rings (SSSR count). The summed E-state index contributed by atoms with van der Waals surface area (Å²) >= 11 is 5.74. The smallest absolute Gasteiger partial charge is 0.240 e. The van der Waals surface area contributed by atoms with Crippen LogP contribution in [0.3, 0.4) is 0 Å². The summed E-state index contributed by atoms with van der Waals surface area (Å²) in [5.41, 5.74) is 0. The van der Waals surface area contributed by atoms with Crippen molar-refractivity contribution in [1.82, 2.24) is 4.90 Å². The van der Waals surface area contributed by atoms with Crippen LogP contribution in [0.5, 0.6) is 0 Å². The second-order valence-electron chi connectivity index (χ2n) is 3.60. The first-order valence-electron chi connectivity index (χ1n) is 4.58. The van der Waals surface area contributed by atoms with E-state index < -0.39 is 5.38 Å². The molecule has 1 aliphatic rings. The Hall–Kier alpha value is -0.280. The Bertz CT molecular complexity index is 196. The standard InChI is InChI=1S/C9H16ClNO2/c1-6-5-13-7(2)4-11(6)9(12)8(3)10/h6-8H,4-5H2,1-3H3. The molecule has 0 radical (unpaired) electrons. The molecule has 1 fully saturated rings. The van der Waals surface area contributed by atoms with Crippen LogP contribution >= 0.6 is 11.6 Å². The minimum Gasteiger partial charge on any atom is -0.375 e. The molecule has 1 saturated heterocycles. The van der Waals surface area contributed by atoms with Crippen molar-refractivity contribution in [3.05, 3.63) is 0 Å². The first-order chi connectivity index (χ1) is 6.02. The van der Waals surface area contributed by atoms with Gasteiger partial charge in [-0.25, -0.2) is 0 Å². The third-order valence-corrected chi connectivity index (χ3v) is 2.42. The first kappa shape index (κ1) is 10.8. The van der Waals surface area contributed by atoms with E-state index in [0.29, 0.717) is 13.2 Å². The number of carbonyl (C=O) groups excluding carboxylic acids is 1. The van der Waals surface area contributed by atoms with Gasteiger partial charge in [0.05, 0.1) is 18.8 Å². The highest BCUT2D eigenvalue weighted by atomic mass is 35.5. The zero-order valence-electron chi connectivity index (χ0n) is 8.29. The lowest BCUT2D eigenvalue weighted by Crippen LogP contribution is -2.52. The van der Waals surface area contributed by atoms with Crippen molar-refractivity contribution in [1.29, 1.82) is 0 Å². The topological polar surface area (TPSA) is 29.5 Å². The fraction of sp³-hybridized carbons (Fsp3) is 0.889. The summed E-state index contributed by atoms with van der Waals surface area (Å²) in [4.78, 5) is 13.4. The van der Waals surface area contributed by atoms with Crippen LogP contribution in [-0.2, 0) is 9.53 Å². The first-order valence-corrected chi connectivity index (χ1v) is 5.02. The van der Waals surface area contributed by atoms with Gasteiger partial charge in [0.2, 0.25) is 5.91 Å². The molecule has 13 heavy (non-hydrogen) atoms. The van der Waals surface area contributed by atoms with Crippen molar-refractivity contribution in [3.8, 4) is 0 Å². The Morgan fingerprint density at radius 3 is 2.77 bits per heavy atom. The van der Waals surface area contributed by atoms with E-state index in [1.54, 1.807) is 11.8 Å². The largest absolute Gasteiger partial charge is 0.375 e. The Morgan fingerprint density at radius 1 is 1.62 bits per heavy atom. The maximum absolute atomic E-state index is 11.6. The van der Waals surface area contributed by atoms with E-state index in [1.807, 2.05) is 13.8 Å². The van der Waals surface area contributed by atoms with Gasteiger partial charge in [-0.15, -0.1) is 11.6 Å². The van der Waals surface area contributed by atoms with Crippen LogP contribution in [0.2, 0.25) is 0 Å². The van der Waals surface area contributed by atoms with Crippen LogP contribution in [0.1, 0.15) is 20.8 Å². The number of rotatable bonds is 1. The summed E-state index contributed by atoms with van der Waals surface area (Å²) in [5, 5.41) is -0.437. The molecule has 76 valence electrons. The number of amides is 1. The Balaban J connectivity index is 2.60. The van der Waals surface area contributed by atoms with E-state index in [2.05, 4.69) is 0 Å². The lowest BCUT2D eigenvalue weighted by molar-refractivity contribution is -0.142. The number of hydrogen-bond acceptors (Lipinski definition) is 2. The van der Waals surface area contributed by atoms with Crippen LogP contribution < -0.4 is 0 Å². The van der Waals surface area contributed by atoms with Gasteiger partial charge in [0.25, 0.3) is 0 Å². The van der Waals surface area contributed by atoms with Crippen molar-refractivity contribution in [2.24, 2.45) is 0 Å². The van der Waals surface area contributed by atoms with Crippen molar-refractivity contribution >= 4 is 17.5 Å². The molecule has 4 heteroatoms. The lowest BCUT2D eigenvalue weighted by atomic mass is 10.2. The maximum atomic E-state index is 11.6. The van der Waals surface area contributed by atoms with E-state index in [0.717, 1.165) is 0 Å². The predicted molar refractivity (Wildman–Crippen MR) is 51.9 cm³/mol. The molecule has 3 nitrogen and oxygen atoms in total. The second kappa shape index (κ2) is 4.29. The molecular weight excluding hydrogens is 190 g/mol. The third kappa shape index (κ3) is 2.58. The van der Waals surface area contributed by atoms with Gasteiger partial charge in [-0.2, -0.15) is 0 Å². The van der Waals surface area contributed by atoms with Crippen LogP contribution in [0, 0.1) is 0 Å². The summed E-state index contributed by atoms with van der Waals surface area (Å²) < 4.78 is 5.41. The number of nitrogens with zero attached hydrogens (tertiary/aromatic N) is 1. The highest BCUT2D eigenvalue weighted by Gasteiger charge is 2.29. The zero-order chi connectivity index (χ0) is 10.0. The van der Waals surface area contributed by atoms with Gasteiger partial charge in [0.1, 0.15) is 5.38 Å². The van der Waals surface area contributed by atoms with E-state index in [-0.39, 0.29) is 18.1 Å². The van der Waals surface area contributed by atoms with E-state index in [1.165, 1.54) is 0 Å². The molecule has 3 atom stereocenters. The highest BCUT2D eigenvalue weighted by molar-refractivity contribution is 6.30. The number of alkyl halides is 1. The maximum Gasteiger partial charge on any atom is 0.240 e. The normalized spacial score (nSPS) is 31.5. The molecule has 1 heterocycles. The third-order valence-electron chi connectivity index (χ3n) is 2.23. The summed E-state index contributed by atoms with van der Waals surface area (Å²) in [6, 6.07) is 0.143. The van der Waals surface area contributed by atoms with Crippen molar-refractivity contribution < 1.29 is 9.53 Å². The molecule has 1 amide bonds. The van der Waals surface area contributed by atoms with Crippen LogP contribution in [-0.4, -0.2) is 41.5 Å². The Kier molecular flexibility index (Phi) is 3.56. The monoisotopic (exact) mass is 205 g/mol. The fourth-order valence-electron chi connectivity index (χ4n) is 1.44. The molecule has 0 aromatic rings. The van der Waals surface area contributed by atoms with Crippen molar-refractivity contribution in [2.45, 2.75) is 38.3 Å². The lowest BCUT2D eigenvalue weighted by Gasteiger charge is -2.37. The molecule has 0 aromatic carbocycles. The molecule has 0 spiro atoms. The Morgan fingerprint density at radius 2 is 2.23 bits per heavy atom. The zero-order valence-corrected chi connectivity index (χ0v) is 9.04. The van der Waals surface area contributed by atoms with Gasteiger partial charge >= 0.3 is 0 Å². The number of halogens is 1.